The molecule has 0 spiro atoms. The maximum absolute atomic E-state index is 10.3. The van der Waals surface area contributed by atoms with Gasteiger partial charge in [0.1, 0.15) is 0 Å². The summed E-state index contributed by atoms with van der Waals surface area (Å²) < 4.78 is 0. The molecular formula is C9H8O4S2. The van der Waals surface area contributed by atoms with Gasteiger partial charge in [0.15, 0.2) is 0 Å². The van der Waals surface area contributed by atoms with Gasteiger partial charge in [-0.15, -0.1) is 0 Å². The van der Waals surface area contributed by atoms with Gasteiger partial charge < -0.3 is 10.2 Å². The first kappa shape index (κ1) is 11.9. The van der Waals surface area contributed by atoms with Crippen LogP contribution in [0.1, 0.15) is 0 Å². The maximum atomic E-state index is 10.3. The van der Waals surface area contributed by atoms with E-state index in [0.29, 0.717) is 0 Å². The van der Waals surface area contributed by atoms with Crippen molar-refractivity contribution in [2.75, 3.05) is 0 Å². The van der Waals surface area contributed by atoms with E-state index in [1.54, 1.807) is 5.41 Å². The molecular weight excluding hydrogens is 236 g/mol. The van der Waals surface area contributed by atoms with Crippen LogP contribution in [0.3, 0.4) is 0 Å². The Hall–Kier alpha value is -1.14. The van der Waals surface area contributed by atoms with Crippen molar-refractivity contribution in [2.45, 2.75) is 5.25 Å². The van der Waals surface area contributed by atoms with E-state index >= 15 is 0 Å². The highest BCUT2D eigenvalue weighted by molar-refractivity contribution is 8.78. The molecule has 1 unspecified atom stereocenters. The van der Waals surface area contributed by atoms with Gasteiger partial charge in [-0.3, -0.25) is 0 Å². The zero-order chi connectivity index (χ0) is 11.3. The Morgan fingerprint density at radius 2 is 1.93 bits per heavy atom. The Balaban J connectivity index is 2.64. The van der Waals surface area contributed by atoms with Crippen LogP contribution in [0.15, 0.2) is 35.3 Å². The van der Waals surface area contributed by atoms with E-state index in [0.717, 1.165) is 17.7 Å². The maximum Gasteiger partial charge on any atom is 0.328 e. The predicted molar refractivity (Wildman–Crippen MR) is 60.6 cm³/mol. The van der Waals surface area contributed by atoms with Crippen LogP contribution in [-0.2, 0) is 9.59 Å². The fourth-order valence-corrected chi connectivity index (χ4v) is 3.26. The summed E-state index contributed by atoms with van der Waals surface area (Å²) in [6.45, 7) is 0. The van der Waals surface area contributed by atoms with Crippen molar-refractivity contribution in [1.29, 1.82) is 0 Å². The van der Waals surface area contributed by atoms with E-state index in [1.165, 1.54) is 33.7 Å². The van der Waals surface area contributed by atoms with Crippen LogP contribution in [0, 0.1) is 0 Å². The lowest BCUT2D eigenvalue weighted by molar-refractivity contribution is -0.132. The Morgan fingerprint density at radius 3 is 2.53 bits per heavy atom. The number of carboxylic acids is 2. The lowest BCUT2D eigenvalue weighted by Crippen LogP contribution is -1.98. The van der Waals surface area contributed by atoms with Gasteiger partial charge in [-0.1, -0.05) is 27.7 Å². The zero-order valence-corrected chi connectivity index (χ0v) is 9.12. The largest absolute Gasteiger partial charge is 0.478 e. The number of carboxylic acid groups (broad SMARTS) is 2. The molecule has 0 saturated heterocycles. The molecule has 1 aliphatic rings. The quantitative estimate of drug-likeness (QED) is 0.581. The van der Waals surface area contributed by atoms with Gasteiger partial charge in [0.05, 0.1) is 5.25 Å². The highest BCUT2D eigenvalue weighted by Gasteiger charge is 2.16. The second kappa shape index (κ2) is 5.67. The minimum atomic E-state index is -1.02. The standard InChI is InChI=1S/C9H8O4S2/c10-8(11)3-1-6-5-14-15-7(6)2-4-9(12)13/h1-5,7H,(H,10,11)(H,12,13). The second-order valence-corrected chi connectivity index (χ2v) is 4.88. The van der Waals surface area contributed by atoms with Gasteiger partial charge in [0.2, 0.25) is 0 Å². The van der Waals surface area contributed by atoms with Crippen molar-refractivity contribution in [1.82, 2.24) is 0 Å². The van der Waals surface area contributed by atoms with Crippen LogP contribution in [-0.4, -0.2) is 27.4 Å². The monoisotopic (exact) mass is 244 g/mol. The first-order chi connectivity index (χ1) is 7.09. The SMILES string of the molecule is O=C(O)C=CC1=CSSC1C=CC(=O)O. The van der Waals surface area contributed by atoms with Crippen LogP contribution in [0.25, 0.3) is 0 Å². The zero-order valence-electron chi connectivity index (χ0n) is 7.49. The molecule has 1 atom stereocenters. The lowest BCUT2D eigenvalue weighted by atomic mass is 10.2. The molecule has 4 nitrogen and oxygen atoms in total. The van der Waals surface area contributed by atoms with Crippen molar-refractivity contribution < 1.29 is 19.8 Å². The van der Waals surface area contributed by atoms with Crippen molar-refractivity contribution in [3.05, 3.63) is 35.3 Å². The van der Waals surface area contributed by atoms with Gasteiger partial charge in [-0.2, -0.15) is 0 Å². The van der Waals surface area contributed by atoms with Crippen molar-refractivity contribution in [3.63, 3.8) is 0 Å². The van der Waals surface area contributed by atoms with Crippen molar-refractivity contribution >= 4 is 33.5 Å². The van der Waals surface area contributed by atoms with E-state index in [1.807, 2.05) is 0 Å². The molecule has 1 heterocycles. The third-order valence-corrected chi connectivity index (χ3v) is 3.86. The Kier molecular flexibility index (Phi) is 4.51. The van der Waals surface area contributed by atoms with E-state index in [4.69, 9.17) is 10.2 Å². The minimum absolute atomic E-state index is 0.0956. The number of aliphatic carboxylic acids is 2. The Bertz CT molecular complexity index is 357. The lowest BCUT2D eigenvalue weighted by Gasteiger charge is -2.02. The van der Waals surface area contributed by atoms with Crippen molar-refractivity contribution in [2.24, 2.45) is 0 Å². The molecule has 0 radical (unpaired) electrons. The van der Waals surface area contributed by atoms with Crippen LogP contribution in [0.5, 0.6) is 0 Å². The van der Waals surface area contributed by atoms with Gasteiger partial charge in [-0.25, -0.2) is 9.59 Å². The minimum Gasteiger partial charge on any atom is -0.478 e. The van der Waals surface area contributed by atoms with Crippen LogP contribution < -0.4 is 0 Å². The van der Waals surface area contributed by atoms with Gasteiger partial charge in [0.25, 0.3) is 0 Å². The number of hydrogen-bond donors (Lipinski definition) is 2. The molecule has 6 heteroatoms. The molecule has 0 bridgehead atoms. The molecule has 0 fully saturated rings. The molecule has 15 heavy (non-hydrogen) atoms. The van der Waals surface area contributed by atoms with Crippen molar-refractivity contribution in [3.8, 4) is 0 Å². The van der Waals surface area contributed by atoms with Gasteiger partial charge in [-0.05, 0) is 17.1 Å². The fourth-order valence-electron chi connectivity index (χ4n) is 0.880. The summed E-state index contributed by atoms with van der Waals surface area (Å²) >= 11 is 0. The summed E-state index contributed by atoms with van der Waals surface area (Å²) in [4.78, 5) is 20.6. The van der Waals surface area contributed by atoms with E-state index in [-0.39, 0.29) is 5.25 Å². The molecule has 0 aromatic heterocycles. The fraction of sp³-hybridized carbons (Fsp3) is 0.111. The highest BCUT2D eigenvalue weighted by Crippen LogP contribution is 2.41. The summed E-state index contributed by atoms with van der Waals surface area (Å²) in [6, 6.07) is 0. The number of hydrogen-bond acceptors (Lipinski definition) is 4. The highest BCUT2D eigenvalue weighted by atomic mass is 33.1. The van der Waals surface area contributed by atoms with E-state index in [9.17, 15) is 9.59 Å². The molecule has 0 aliphatic carbocycles. The number of carbonyl (C=O) groups is 2. The molecule has 1 aliphatic heterocycles. The van der Waals surface area contributed by atoms with Crippen LogP contribution >= 0.6 is 21.6 Å². The third kappa shape index (κ3) is 4.26. The van der Waals surface area contributed by atoms with Crippen LogP contribution in [0.4, 0.5) is 0 Å². The second-order valence-electron chi connectivity index (χ2n) is 2.60. The van der Waals surface area contributed by atoms with E-state index < -0.39 is 11.9 Å². The first-order valence-corrected chi connectivity index (χ1v) is 6.21. The summed E-state index contributed by atoms with van der Waals surface area (Å²) in [5.41, 5.74) is 0.796. The summed E-state index contributed by atoms with van der Waals surface area (Å²) in [6.07, 6.45) is 5.11. The Morgan fingerprint density at radius 1 is 1.27 bits per heavy atom. The number of allylic oxidation sites excluding steroid dienone is 1. The molecule has 1 rings (SSSR count). The molecule has 80 valence electrons. The normalized spacial score (nSPS) is 21.1. The first-order valence-electron chi connectivity index (χ1n) is 3.94. The van der Waals surface area contributed by atoms with Gasteiger partial charge in [0, 0.05) is 12.2 Å². The molecule has 2 N–H and O–H groups in total. The molecule has 0 aromatic rings. The molecule has 0 aromatic carbocycles. The molecule has 0 amide bonds. The predicted octanol–water partition coefficient (Wildman–Crippen LogP) is 1.92. The Labute approximate surface area is 94.1 Å². The number of rotatable bonds is 4. The smallest absolute Gasteiger partial charge is 0.328 e. The summed E-state index contributed by atoms with van der Waals surface area (Å²) in [5, 5.41) is 18.6. The summed E-state index contributed by atoms with van der Waals surface area (Å²) in [7, 11) is 2.93. The van der Waals surface area contributed by atoms with Gasteiger partial charge >= 0.3 is 11.9 Å². The summed E-state index contributed by atoms with van der Waals surface area (Å²) in [5.74, 6) is -2.02. The van der Waals surface area contributed by atoms with E-state index in [2.05, 4.69) is 0 Å². The van der Waals surface area contributed by atoms with Crippen LogP contribution in [0.2, 0.25) is 0 Å². The topological polar surface area (TPSA) is 74.6 Å². The average molecular weight is 244 g/mol. The molecule has 0 saturated carbocycles. The average Bonchev–Trinajstić information content (AvgIpc) is 2.58. The third-order valence-electron chi connectivity index (χ3n) is 1.50.